The molecule has 21 heavy (non-hydrogen) atoms. The zero-order valence-electron chi connectivity index (χ0n) is 11.1. The lowest BCUT2D eigenvalue weighted by molar-refractivity contribution is 0.371. The summed E-state index contributed by atoms with van der Waals surface area (Å²) < 4.78 is 19.4. The zero-order valence-corrected chi connectivity index (χ0v) is 13.3. The van der Waals surface area contributed by atoms with Crippen LogP contribution < -0.4 is 4.74 Å². The van der Waals surface area contributed by atoms with Crippen molar-refractivity contribution in [2.24, 2.45) is 0 Å². The Morgan fingerprint density at radius 1 is 1.38 bits per heavy atom. The number of aromatic hydroxyl groups is 1. The molecule has 0 aromatic heterocycles. The molecular weight excluding hydrogens is 384 g/mol. The van der Waals surface area contributed by atoms with E-state index < -0.39 is 5.82 Å². The van der Waals surface area contributed by atoms with E-state index in [1.807, 2.05) is 28.7 Å². The molecule has 0 spiro atoms. The third-order valence-electron chi connectivity index (χ3n) is 2.87. The van der Waals surface area contributed by atoms with Gasteiger partial charge in [-0.3, -0.25) is 0 Å². The van der Waals surface area contributed by atoms with Gasteiger partial charge in [-0.05, 0) is 52.4 Å². The molecule has 0 aliphatic carbocycles. The van der Waals surface area contributed by atoms with Crippen LogP contribution in [0, 0.1) is 20.7 Å². The second kappa shape index (κ2) is 6.59. The highest BCUT2D eigenvalue weighted by Gasteiger charge is 2.10. The van der Waals surface area contributed by atoms with Crippen molar-refractivity contribution >= 4 is 34.2 Å². The summed E-state index contributed by atoms with van der Waals surface area (Å²) in [6.07, 6.45) is 1.56. The molecule has 0 bridgehead atoms. The van der Waals surface area contributed by atoms with Gasteiger partial charge in [0, 0.05) is 5.56 Å². The number of ether oxygens (including phenoxy) is 1. The molecule has 2 aromatic carbocycles. The number of rotatable bonds is 3. The SMILES string of the molecule is COc1cc(C=C(C#N)c2ccccc2F)cc(I)c1O. The van der Waals surface area contributed by atoms with E-state index in [9.17, 15) is 14.8 Å². The first kappa shape index (κ1) is 15.3. The average molecular weight is 395 g/mol. The summed E-state index contributed by atoms with van der Waals surface area (Å²) in [4.78, 5) is 0. The fourth-order valence-electron chi connectivity index (χ4n) is 1.85. The van der Waals surface area contributed by atoms with Crippen molar-refractivity contribution in [3.05, 3.63) is 56.9 Å². The van der Waals surface area contributed by atoms with Crippen molar-refractivity contribution in [3.8, 4) is 17.6 Å². The number of nitrogens with zero attached hydrogens (tertiary/aromatic N) is 1. The largest absolute Gasteiger partial charge is 0.504 e. The standard InChI is InChI=1S/C16H11FINO2/c1-21-15-8-10(7-14(18)16(15)20)6-11(9-19)12-4-2-3-5-13(12)17/h2-8,20H,1H3. The predicted molar refractivity (Wildman–Crippen MR) is 87.3 cm³/mol. The predicted octanol–water partition coefficient (Wildman–Crippen LogP) is 4.21. The van der Waals surface area contributed by atoms with E-state index in [2.05, 4.69) is 0 Å². The molecular formula is C16H11FINO2. The van der Waals surface area contributed by atoms with Crippen molar-refractivity contribution in [1.29, 1.82) is 5.26 Å². The number of benzene rings is 2. The normalized spacial score (nSPS) is 11.0. The van der Waals surface area contributed by atoms with Gasteiger partial charge in [0.05, 0.1) is 22.3 Å². The Kier molecular flexibility index (Phi) is 4.81. The number of hydrogen-bond donors (Lipinski definition) is 1. The van der Waals surface area contributed by atoms with Crippen molar-refractivity contribution < 1.29 is 14.2 Å². The Morgan fingerprint density at radius 2 is 2.10 bits per heavy atom. The van der Waals surface area contributed by atoms with Gasteiger partial charge in [-0.1, -0.05) is 18.2 Å². The van der Waals surface area contributed by atoms with Gasteiger partial charge >= 0.3 is 0 Å². The minimum Gasteiger partial charge on any atom is -0.504 e. The second-order valence-corrected chi connectivity index (χ2v) is 5.37. The molecule has 0 fully saturated rings. The molecule has 106 valence electrons. The van der Waals surface area contributed by atoms with E-state index in [0.29, 0.717) is 14.9 Å². The van der Waals surface area contributed by atoms with E-state index in [1.54, 1.807) is 36.4 Å². The van der Waals surface area contributed by atoms with Gasteiger partial charge in [0.15, 0.2) is 11.5 Å². The van der Waals surface area contributed by atoms with Crippen LogP contribution in [0.4, 0.5) is 4.39 Å². The van der Waals surface area contributed by atoms with E-state index in [0.717, 1.165) is 0 Å². The maximum absolute atomic E-state index is 13.8. The first-order valence-corrected chi connectivity index (χ1v) is 7.08. The summed E-state index contributed by atoms with van der Waals surface area (Å²) in [5, 5.41) is 19.0. The van der Waals surface area contributed by atoms with Crippen molar-refractivity contribution in [2.45, 2.75) is 0 Å². The van der Waals surface area contributed by atoms with Crippen LogP contribution in [0.25, 0.3) is 11.6 Å². The number of hydrogen-bond acceptors (Lipinski definition) is 3. The van der Waals surface area contributed by atoms with Crippen LogP contribution in [0.1, 0.15) is 11.1 Å². The lowest BCUT2D eigenvalue weighted by Gasteiger charge is -2.07. The van der Waals surface area contributed by atoms with Gasteiger partial charge < -0.3 is 9.84 Å². The number of allylic oxidation sites excluding steroid dienone is 1. The minimum absolute atomic E-state index is 0.0413. The van der Waals surface area contributed by atoms with Crippen molar-refractivity contribution in [3.63, 3.8) is 0 Å². The highest BCUT2D eigenvalue weighted by Crippen LogP contribution is 2.33. The molecule has 5 heteroatoms. The van der Waals surface area contributed by atoms with Gasteiger partial charge in [-0.2, -0.15) is 5.26 Å². The van der Waals surface area contributed by atoms with Crippen LogP contribution in [-0.2, 0) is 0 Å². The Balaban J connectivity index is 2.54. The third-order valence-corrected chi connectivity index (χ3v) is 3.69. The van der Waals surface area contributed by atoms with Gasteiger partial charge in [-0.25, -0.2) is 4.39 Å². The summed E-state index contributed by atoms with van der Waals surface area (Å²) in [7, 11) is 1.45. The van der Waals surface area contributed by atoms with Crippen LogP contribution in [0.5, 0.6) is 11.5 Å². The molecule has 0 amide bonds. The lowest BCUT2D eigenvalue weighted by Crippen LogP contribution is -1.90. The molecule has 0 aliphatic heterocycles. The smallest absolute Gasteiger partial charge is 0.171 e. The Labute approximate surface area is 135 Å². The van der Waals surface area contributed by atoms with Gasteiger partial charge in [0.25, 0.3) is 0 Å². The maximum atomic E-state index is 13.8. The number of phenolic OH excluding ortho intramolecular Hbond substituents is 1. The first-order valence-electron chi connectivity index (χ1n) is 6.00. The minimum atomic E-state index is -0.453. The van der Waals surface area contributed by atoms with Gasteiger partial charge in [0.1, 0.15) is 5.82 Å². The van der Waals surface area contributed by atoms with E-state index >= 15 is 0 Å². The summed E-state index contributed by atoms with van der Waals surface area (Å²) >= 11 is 1.96. The van der Waals surface area contributed by atoms with Crippen molar-refractivity contribution in [1.82, 2.24) is 0 Å². The molecule has 0 saturated heterocycles. The van der Waals surface area contributed by atoms with E-state index in [4.69, 9.17) is 4.74 Å². The maximum Gasteiger partial charge on any atom is 0.171 e. The van der Waals surface area contributed by atoms with E-state index in [-0.39, 0.29) is 16.9 Å². The number of methoxy groups -OCH3 is 1. The summed E-state index contributed by atoms with van der Waals surface area (Å²) in [5.41, 5.74) is 1.09. The molecule has 0 unspecified atom stereocenters. The van der Waals surface area contributed by atoms with Gasteiger partial charge in [-0.15, -0.1) is 0 Å². The second-order valence-electron chi connectivity index (χ2n) is 4.20. The molecule has 2 rings (SSSR count). The first-order chi connectivity index (χ1) is 10.1. The molecule has 0 heterocycles. The summed E-state index contributed by atoms with van der Waals surface area (Å²) in [6.45, 7) is 0. The highest BCUT2D eigenvalue weighted by molar-refractivity contribution is 14.1. The quantitative estimate of drug-likeness (QED) is 0.481. The average Bonchev–Trinajstić information content (AvgIpc) is 2.49. The highest BCUT2D eigenvalue weighted by atomic mass is 127. The monoisotopic (exact) mass is 395 g/mol. The van der Waals surface area contributed by atoms with Crippen molar-refractivity contribution in [2.75, 3.05) is 7.11 Å². The van der Waals surface area contributed by atoms with Gasteiger partial charge in [0.2, 0.25) is 0 Å². The molecule has 3 nitrogen and oxygen atoms in total. The topological polar surface area (TPSA) is 53.2 Å². The lowest BCUT2D eigenvalue weighted by atomic mass is 10.0. The van der Waals surface area contributed by atoms with Crippen LogP contribution in [0.2, 0.25) is 0 Å². The molecule has 1 N–H and O–H groups in total. The number of nitriles is 1. The summed E-state index contributed by atoms with van der Waals surface area (Å²) in [5.74, 6) is -0.107. The summed E-state index contributed by atoms with van der Waals surface area (Å²) in [6, 6.07) is 11.4. The van der Waals surface area contributed by atoms with Crippen LogP contribution in [-0.4, -0.2) is 12.2 Å². The molecule has 0 atom stereocenters. The molecule has 0 radical (unpaired) electrons. The fourth-order valence-corrected chi connectivity index (χ4v) is 2.47. The number of halogens is 2. The molecule has 0 saturated carbocycles. The Bertz CT molecular complexity index is 750. The third kappa shape index (κ3) is 3.34. The Hall–Kier alpha value is -2.07. The number of phenols is 1. The Morgan fingerprint density at radius 3 is 2.71 bits per heavy atom. The zero-order chi connectivity index (χ0) is 15.4. The van der Waals surface area contributed by atoms with E-state index in [1.165, 1.54) is 13.2 Å². The fraction of sp³-hybridized carbons (Fsp3) is 0.0625. The van der Waals surface area contributed by atoms with Crippen LogP contribution in [0.3, 0.4) is 0 Å². The van der Waals surface area contributed by atoms with Crippen LogP contribution in [0.15, 0.2) is 36.4 Å². The molecule has 0 aliphatic rings. The van der Waals surface area contributed by atoms with Crippen LogP contribution >= 0.6 is 22.6 Å². The molecule has 2 aromatic rings.